The molecule has 3 N–H and O–H groups in total. The smallest absolute Gasteiger partial charge is 0.274 e. The molecule has 3 aromatic rings. The van der Waals surface area contributed by atoms with Crippen LogP contribution in [-0.2, 0) is 16.1 Å². The Kier molecular flexibility index (Phi) is 7.46. The fourth-order valence-electron chi connectivity index (χ4n) is 4.16. The van der Waals surface area contributed by atoms with Crippen molar-refractivity contribution in [2.75, 3.05) is 26.2 Å². The van der Waals surface area contributed by atoms with Crippen molar-refractivity contribution in [1.29, 1.82) is 0 Å². The first-order valence-corrected chi connectivity index (χ1v) is 11.3. The number of rotatable bonds is 3. The predicted octanol–water partition coefficient (Wildman–Crippen LogP) is 0.810. The average Bonchev–Trinajstić information content (AvgIpc) is 3.28. The van der Waals surface area contributed by atoms with Gasteiger partial charge in [-0.2, -0.15) is 4.52 Å². The summed E-state index contributed by atoms with van der Waals surface area (Å²) in [4.78, 5) is 47.6. The van der Waals surface area contributed by atoms with Crippen LogP contribution in [0.4, 0.5) is 0 Å². The lowest BCUT2D eigenvalue weighted by Gasteiger charge is -2.23. The summed E-state index contributed by atoms with van der Waals surface area (Å²) >= 11 is 0. The number of aromatic amines is 1. The number of carbonyl (C=O) groups is 2. The van der Waals surface area contributed by atoms with Crippen molar-refractivity contribution in [3.05, 3.63) is 64.3 Å². The van der Waals surface area contributed by atoms with Crippen molar-refractivity contribution >= 4 is 17.6 Å². The van der Waals surface area contributed by atoms with Gasteiger partial charge in [-0.1, -0.05) is 30.3 Å². The molecule has 2 amide bonds. The zero-order valence-corrected chi connectivity index (χ0v) is 18.5. The Hall–Kier alpha value is -3.53. The molecule has 0 aliphatic carbocycles. The zero-order chi connectivity index (χ0) is 23.0. The van der Waals surface area contributed by atoms with E-state index in [-0.39, 0.29) is 29.8 Å². The van der Waals surface area contributed by atoms with Gasteiger partial charge >= 0.3 is 0 Å². The molecule has 0 bridgehead atoms. The molecule has 1 aliphatic rings. The summed E-state index contributed by atoms with van der Waals surface area (Å²) in [7, 11) is 0. The molecule has 10 nitrogen and oxygen atoms in total. The first-order valence-electron chi connectivity index (χ1n) is 11.3. The Morgan fingerprint density at radius 1 is 1.00 bits per heavy atom. The van der Waals surface area contributed by atoms with Crippen LogP contribution in [0.1, 0.15) is 42.9 Å². The summed E-state index contributed by atoms with van der Waals surface area (Å²) in [5, 5.41) is 8.72. The average molecular weight is 452 g/mol. The first-order chi connectivity index (χ1) is 16.1. The number of aromatic nitrogens is 4. The maximum absolute atomic E-state index is 12.7. The topological polar surface area (TPSA) is 124 Å². The van der Waals surface area contributed by atoms with Crippen LogP contribution in [0.15, 0.2) is 47.5 Å². The molecule has 10 heteroatoms. The van der Waals surface area contributed by atoms with E-state index >= 15 is 0 Å². The number of amides is 2. The normalized spacial score (nSPS) is 19.6. The molecular formula is C23H29N7O3. The summed E-state index contributed by atoms with van der Waals surface area (Å²) in [5.41, 5.74) is 1.48. The molecule has 1 aromatic carbocycles. The molecule has 0 saturated carbocycles. The van der Waals surface area contributed by atoms with Gasteiger partial charge in [-0.15, -0.1) is 0 Å². The third-order valence-corrected chi connectivity index (χ3v) is 5.85. The van der Waals surface area contributed by atoms with E-state index in [0.29, 0.717) is 50.5 Å². The summed E-state index contributed by atoms with van der Waals surface area (Å²) in [6.45, 7) is 2.17. The largest absolute Gasteiger partial charge is 0.356 e. The van der Waals surface area contributed by atoms with Crippen molar-refractivity contribution in [3.63, 3.8) is 0 Å². The van der Waals surface area contributed by atoms with Gasteiger partial charge in [0.15, 0.2) is 0 Å². The van der Waals surface area contributed by atoms with E-state index in [0.717, 1.165) is 12.8 Å². The first kappa shape index (κ1) is 22.7. The highest BCUT2D eigenvalue weighted by Crippen LogP contribution is 2.24. The predicted molar refractivity (Wildman–Crippen MR) is 123 cm³/mol. The molecule has 0 spiro atoms. The van der Waals surface area contributed by atoms with Crippen LogP contribution in [0.5, 0.6) is 0 Å². The van der Waals surface area contributed by atoms with Gasteiger partial charge < -0.3 is 10.6 Å². The van der Waals surface area contributed by atoms with Crippen molar-refractivity contribution in [1.82, 2.24) is 35.1 Å². The molecule has 2 aromatic heterocycles. The number of hydrogen-bond acceptors (Lipinski definition) is 6. The zero-order valence-electron chi connectivity index (χ0n) is 18.5. The summed E-state index contributed by atoms with van der Waals surface area (Å²) in [6, 6.07) is 11.6. The minimum absolute atomic E-state index is 0.0437. The van der Waals surface area contributed by atoms with Crippen LogP contribution in [0.3, 0.4) is 0 Å². The maximum Gasteiger partial charge on any atom is 0.274 e. The molecule has 1 atom stereocenters. The van der Waals surface area contributed by atoms with Crippen LogP contribution in [0.25, 0.3) is 5.78 Å². The van der Waals surface area contributed by atoms with Gasteiger partial charge in [-0.25, -0.2) is 9.97 Å². The molecule has 1 aliphatic heterocycles. The fraction of sp³-hybridized carbons (Fsp3) is 0.435. The highest BCUT2D eigenvalue weighted by molar-refractivity contribution is 5.78. The molecule has 1 unspecified atom stereocenters. The van der Waals surface area contributed by atoms with E-state index in [9.17, 15) is 14.4 Å². The molecule has 1 fully saturated rings. The highest BCUT2D eigenvalue weighted by atomic mass is 16.2. The van der Waals surface area contributed by atoms with E-state index in [1.54, 1.807) is 0 Å². The van der Waals surface area contributed by atoms with Gasteiger partial charge in [0, 0.05) is 38.7 Å². The molecule has 1 saturated heterocycles. The quantitative estimate of drug-likeness (QED) is 0.541. The molecular weight excluding hydrogens is 422 g/mol. The van der Waals surface area contributed by atoms with Crippen LogP contribution in [0.2, 0.25) is 0 Å². The third kappa shape index (κ3) is 6.26. The number of benzene rings is 1. The monoisotopic (exact) mass is 451 g/mol. The third-order valence-electron chi connectivity index (χ3n) is 5.85. The number of fused-ring (bicyclic) bond motifs is 1. The molecule has 174 valence electrons. The van der Waals surface area contributed by atoms with E-state index in [2.05, 4.69) is 37.8 Å². The minimum Gasteiger partial charge on any atom is -0.356 e. The number of hydrogen-bond donors (Lipinski definition) is 3. The lowest BCUT2D eigenvalue weighted by molar-refractivity contribution is -0.123. The van der Waals surface area contributed by atoms with Crippen molar-refractivity contribution in [2.24, 2.45) is 0 Å². The fourth-order valence-corrected chi connectivity index (χ4v) is 4.16. The summed E-state index contributed by atoms with van der Waals surface area (Å²) in [6.07, 6.45) is 4.06. The lowest BCUT2D eigenvalue weighted by Crippen LogP contribution is -2.39. The van der Waals surface area contributed by atoms with Crippen LogP contribution >= 0.6 is 0 Å². The van der Waals surface area contributed by atoms with Gasteiger partial charge in [0.05, 0.1) is 12.2 Å². The SMILES string of the molecule is O=C1CCC(c2ccccc2)CCNC(=O)CN(Cc2cc(=O)n3[nH]cnc3n2)CCCN1. The van der Waals surface area contributed by atoms with Gasteiger partial charge in [-0.05, 0) is 30.7 Å². The Morgan fingerprint density at radius 3 is 2.67 bits per heavy atom. The Balaban J connectivity index is 1.44. The van der Waals surface area contributed by atoms with Crippen LogP contribution in [0, 0.1) is 0 Å². The maximum atomic E-state index is 12.7. The number of nitrogens with one attached hydrogen (secondary N) is 3. The second kappa shape index (κ2) is 10.9. The van der Waals surface area contributed by atoms with Crippen LogP contribution in [-0.4, -0.2) is 62.5 Å². The summed E-state index contributed by atoms with van der Waals surface area (Å²) < 4.78 is 1.26. The summed E-state index contributed by atoms with van der Waals surface area (Å²) in [5.74, 6) is 0.472. The molecule has 4 rings (SSSR count). The Labute approximate surface area is 191 Å². The van der Waals surface area contributed by atoms with Gasteiger partial charge in [0.1, 0.15) is 6.33 Å². The minimum atomic E-state index is -0.252. The van der Waals surface area contributed by atoms with Gasteiger partial charge in [-0.3, -0.25) is 24.4 Å². The molecule has 0 radical (unpaired) electrons. The Bertz CT molecular complexity index is 1140. The second-order valence-corrected chi connectivity index (χ2v) is 8.31. The standard InChI is InChI=1S/C23H29N7O3/c31-20-8-7-18(17-5-2-1-3-6-17)9-11-25-21(32)15-29(12-4-10-24-20)14-19-13-22(33)30-23(28-19)26-16-27-30/h1-3,5-6,13,16,18H,4,7-12,14-15H2,(H,24,31)(H,25,32)(H,26,27,28). The second-order valence-electron chi connectivity index (χ2n) is 8.31. The van der Waals surface area contributed by atoms with Crippen molar-refractivity contribution in [2.45, 2.75) is 38.1 Å². The van der Waals surface area contributed by atoms with E-state index in [1.165, 1.54) is 22.5 Å². The molecule has 33 heavy (non-hydrogen) atoms. The number of nitrogens with zero attached hydrogens (tertiary/aromatic N) is 4. The molecule has 3 heterocycles. The van der Waals surface area contributed by atoms with E-state index in [1.807, 2.05) is 23.1 Å². The van der Waals surface area contributed by atoms with Crippen LogP contribution < -0.4 is 16.2 Å². The van der Waals surface area contributed by atoms with E-state index < -0.39 is 0 Å². The highest BCUT2D eigenvalue weighted by Gasteiger charge is 2.17. The van der Waals surface area contributed by atoms with Gasteiger partial charge in [0.2, 0.25) is 11.8 Å². The van der Waals surface area contributed by atoms with Crippen molar-refractivity contribution in [3.8, 4) is 0 Å². The Morgan fingerprint density at radius 2 is 1.82 bits per heavy atom. The lowest BCUT2D eigenvalue weighted by atomic mass is 9.91. The number of carbonyl (C=O) groups excluding carboxylic acids is 2. The van der Waals surface area contributed by atoms with Gasteiger partial charge in [0.25, 0.3) is 11.3 Å². The van der Waals surface area contributed by atoms with E-state index in [4.69, 9.17) is 0 Å². The number of H-pyrrole nitrogens is 1. The van der Waals surface area contributed by atoms with Crippen molar-refractivity contribution < 1.29 is 9.59 Å².